The summed E-state index contributed by atoms with van der Waals surface area (Å²) in [6, 6.07) is 7.71. The minimum atomic E-state index is -0.968. The molecule has 2 aromatic rings. The molecule has 0 aliphatic carbocycles. The first-order valence-electron chi connectivity index (χ1n) is 6.49. The molecule has 0 spiro atoms. The average Bonchev–Trinajstić information content (AvgIpc) is 2.81. The molecule has 1 heterocycles. The molecule has 21 heavy (non-hydrogen) atoms. The Hall–Kier alpha value is -1.92. The molecule has 0 amide bonds. The molecule has 0 radical (unpaired) electrons. The van der Waals surface area contributed by atoms with Crippen molar-refractivity contribution < 1.29 is 14.6 Å². The SMILES string of the molecule is COc1ccc(Cc2nc(C(=O)O)c(CN(C)C)s2)cc1. The standard InChI is InChI=1S/C15H18N2O3S/c1-17(2)9-12-14(15(18)19)16-13(21-12)8-10-4-6-11(20-3)7-5-10/h4-7H,8-9H2,1-3H3,(H,18,19). The van der Waals surface area contributed by atoms with Gasteiger partial charge in [-0.25, -0.2) is 9.78 Å². The number of carboxylic acid groups (broad SMARTS) is 1. The van der Waals surface area contributed by atoms with Gasteiger partial charge in [0.25, 0.3) is 0 Å². The highest BCUT2D eigenvalue weighted by Crippen LogP contribution is 2.23. The Kier molecular flexibility index (Phi) is 4.93. The number of hydrogen-bond donors (Lipinski definition) is 1. The molecule has 0 saturated heterocycles. The number of aromatic carboxylic acids is 1. The molecular formula is C15H18N2O3S. The van der Waals surface area contributed by atoms with Crippen molar-refractivity contribution in [3.63, 3.8) is 0 Å². The molecule has 1 aromatic carbocycles. The van der Waals surface area contributed by atoms with Gasteiger partial charge < -0.3 is 14.7 Å². The van der Waals surface area contributed by atoms with Gasteiger partial charge in [0.1, 0.15) is 5.75 Å². The summed E-state index contributed by atoms with van der Waals surface area (Å²) in [7, 11) is 5.45. The lowest BCUT2D eigenvalue weighted by Crippen LogP contribution is -2.12. The number of thiazole rings is 1. The van der Waals surface area contributed by atoms with E-state index in [0.717, 1.165) is 21.2 Å². The number of carboxylic acids is 1. The van der Waals surface area contributed by atoms with E-state index in [9.17, 15) is 9.90 Å². The van der Waals surface area contributed by atoms with Crippen molar-refractivity contribution in [3.8, 4) is 5.75 Å². The molecule has 0 fully saturated rings. The molecule has 0 aliphatic heterocycles. The van der Waals surface area contributed by atoms with E-state index in [1.807, 2.05) is 43.3 Å². The zero-order valence-corrected chi connectivity index (χ0v) is 13.1. The third-order valence-corrected chi connectivity index (χ3v) is 3.96. The molecule has 5 nitrogen and oxygen atoms in total. The molecule has 0 aliphatic rings. The highest BCUT2D eigenvalue weighted by atomic mass is 32.1. The van der Waals surface area contributed by atoms with E-state index in [0.29, 0.717) is 13.0 Å². The Bertz CT molecular complexity index is 620. The molecule has 1 aromatic heterocycles. The van der Waals surface area contributed by atoms with Crippen LogP contribution in [0.1, 0.15) is 25.9 Å². The normalized spacial score (nSPS) is 10.9. The third-order valence-electron chi connectivity index (χ3n) is 2.92. The molecule has 0 atom stereocenters. The molecule has 0 unspecified atom stereocenters. The van der Waals surface area contributed by atoms with Crippen LogP contribution in [-0.2, 0) is 13.0 Å². The predicted octanol–water partition coefficient (Wildman–Crippen LogP) is 2.50. The topological polar surface area (TPSA) is 62.7 Å². The third kappa shape index (κ3) is 4.03. The van der Waals surface area contributed by atoms with Gasteiger partial charge in [-0.15, -0.1) is 11.3 Å². The van der Waals surface area contributed by atoms with Crippen LogP contribution in [0.5, 0.6) is 5.75 Å². The van der Waals surface area contributed by atoms with Gasteiger partial charge in [-0.05, 0) is 31.8 Å². The number of aromatic nitrogens is 1. The number of nitrogens with zero attached hydrogens (tertiary/aromatic N) is 2. The van der Waals surface area contributed by atoms with Gasteiger partial charge in [0.2, 0.25) is 0 Å². The van der Waals surface area contributed by atoms with E-state index < -0.39 is 5.97 Å². The first-order valence-corrected chi connectivity index (χ1v) is 7.30. The molecule has 112 valence electrons. The first kappa shape index (κ1) is 15.5. The van der Waals surface area contributed by atoms with E-state index >= 15 is 0 Å². The van der Waals surface area contributed by atoms with E-state index in [2.05, 4.69) is 4.98 Å². The zero-order valence-electron chi connectivity index (χ0n) is 12.3. The van der Waals surface area contributed by atoms with E-state index in [1.54, 1.807) is 7.11 Å². The lowest BCUT2D eigenvalue weighted by molar-refractivity contribution is 0.0689. The second-order valence-corrected chi connectivity index (χ2v) is 6.12. The van der Waals surface area contributed by atoms with Crippen molar-refractivity contribution in [2.75, 3.05) is 21.2 Å². The number of hydrogen-bond acceptors (Lipinski definition) is 5. The lowest BCUT2D eigenvalue weighted by Gasteiger charge is -2.06. The molecular weight excluding hydrogens is 288 g/mol. The van der Waals surface area contributed by atoms with Crippen LogP contribution < -0.4 is 4.74 Å². The fourth-order valence-corrected chi connectivity index (χ4v) is 3.17. The van der Waals surface area contributed by atoms with Crippen LogP contribution in [0, 0.1) is 0 Å². The maximum absolute atomic E-state index is 11.3. The highest BCUT2D eigenvalue weighted by molar-refractivity contribution is 7.11. The average molecular weight is 306 g/mol. The van der Waals surface area contributed by atoms with Crippen molar-refractivity contribution in [3.05, 3.63) is 45.4 Å². The fraction of sp³-hybridized carbons (Fsp3) is 0.333. The smallest absolute Gasteiger partial charge is 0.355 e. The number of methoxy groups -OCH3 is 1. The fourth-order valence-electron chi connectivity index (χ4n) is 1.96. The Morgan fingerprint density at radius 2 is 2.00 bits per heavy atom. The summed E-state index contributed by atoms with van der Waals surface area (Å²) in [5.74, 6) is -0.165. The molecule has 2 rings (SSSR count). The first-order chi connectivity index (χ1) is 9.99. The quantitative estimate of drug-likeness (QED) is 0.888. The zero-order chi connectivity index (χ0) is 15.4. The second-order valence-electron chi connectivity index (χ2n) is 4.95. The van der Waals surface area contributed by atoms with Crippen LogP contribution in [0.3, 0.4) is 0 Å². The van der Waals surface area contributed by atoms with Crippen LogP contribution in [0.4, 0.5) is 0 Å². The van der Waals surface area contributed by atoms with Crippen LogP contribution in [-0.4, -0.2) is 42.2 Å². The van der Waals surface area contributed by atoms with Gasteiger partial charge in [0.15, 0.2) is 5.69 Å². The summed E-state index contributed by atoms with van der Waals surface area (Å²) in [5.41, 5.74) is 1.25. The van der Waals surface area contributed by atoms with Crippen LogP contribution >= 0.6 is 11.3 Å². The van der Waals surface area contributed by atoms with Crippen molar-refractivity contribution >= 4 is 17.3 Å². The molecule has 0 saturated carbocycles. The minimum Gasteiger partial charge on any atom is -0.497 e. The Labute approximate surface area is 127 Å². The van der Waals surface area contributed by atoms with Gasteiger partial charge in [0, 0.05) is 13.0 Å². The van der Waals surface area contributed by atoms with Crippen molar-refractivity contribution in [2.45, 2.75) is 13.0 Å². The maximum Gasteiger partial charge on any atom is 0.355 e. The second kappa shape index (κ2) is 6.69. The Morgan fingerprint density at radius 3 is 2.52 bits per heavy atom. The maximum atomic E-state index is 11.3. The molecule has 1 N–H and O–H groups in total. The summed E-state index contributed by atoms with van der Waals surface area (Å²) in [6.45, 7) is 0.585. The van der Waals surface area contributed by atoms with E-state index in [4.69, 9.17) is 4.74 Å². The summed E-state index contributed by atoms with van der Waals surface area (Å²) in [5, 5.41) is 10.0. The van der Waals surface area contributed by atoms with Gasteiger partial charge in [-0.1, -0.05) is 12.1 Å². The minimum absolute atomic E-state index is 0.164. The summed E-state index contributed by atoms with van der Waals surface area (Å²) >= 11 is 1.46. The number of carbonyl (C=O) groups is 1. The molecule has 0 bridgehead atoms. The summed E-state index contributed by atoms with van der Waals surface area (Å²) in [6.07, 6.45) is 0.627. The van der Waals surface area contributed by atoms with Gasteiger partial charge in [0.05, 0.1) is 17.0 Å². The number of ether oxygens (including phenoxy) is 1. The van der Waals surface area contributed by atoms with Crippen molar-refractivity contribution in [2.24, 2.45) is 0 Å². The van der Waals surface area contributed by atoms with Crippen LogP contribution in [0.15, 0.2) is 24.3 Å². The predicted molar refractivity (Wildman–Crippen MR) is 82.3 cm³/mol. The van der Waals surface area contributed by atoms with Crippen molar-refractivity contribution in [1.29, 1.82) is 0 Å². The van der Waals surface area contributed by atoms with Crippen molar-refractivity contribution in [1.82, 2.24) is 9.88 Å². The monoisotopic (exact) mass is 306 g/mol. The van der Waals surface area contributed by atoms with Gasteiger partial charge >= 0.3 is 5.97 Å². The van der Waals surface area contributed by atoms with E-state index in [-0.39, 0.29) is 5.69 Å². The number of rotatable bonds is 6. The lowest BCUT2D eigenvalue weighted by atomic mass is 10.1. The van der Waals surface area contributed by atoms with Crippen LogP contribution in [0.25, 0.3) is 0 Å². The Balaban J connectivity index is 2.21. The summed E-state index contributed by atoms with van der Waals surface area (Å²) < 4.78 is 5.12. The highest BCUT2D eigenvalue weighted by Gasteiger charge is 2.17. The van der Waals surface area contributed by atoms with Crippen LogP contribution in [0.2, 0.25) is 0 Å². The van der Waals surface area contributed by atoms with Gasteiger partial charge in [-0.3, -0.25) is 0 Å². The van der Waals surface area contributed by atoms with E-state index in [1.165, 1.54) is 11.3 Å². The van der Waals surface area contributed by atoms with Gasteiger partial charge in [-0.2, -0.15) is 0 Å². The summed E-state index contributed by atoms with van der Waals surface area (Å²) in [4.78, 5) is 18.3. The molecule has 6 heteroatoms. The largest absolute Gasteiger partial charge is 0.497 e. The number of benzene rings is 1. The Morgan fingerprint density at radius 1 is 1.33 bits per heavy atom.